The summed E-state index contributed by atoms with van der Waals surface area (Å²) in [6, 6.07) is 5.30. The normalized spacial score (nSPS) is 19.0. The van der Waals surface area contributed by atoms with Crippen LogP contribution in [-0.2, 0) is 4.79 Å². The summed E-state index contributed by atoms with van der Waals surface area (Å²) in [5, 5.41) is 11.7. The summed E-state index contributed by atoms with van der Waals surface area (Å²) in [5.74, 6) is 0.295. The van der Waals surface area contributed by atoms with Crippen LogP contribution in [0.4, 0.5) is 5.69 Å². The number of nitrogens with one attached hydrogen (secondary N) is 1. The molecule has 1 saturated carbocycles. The molecule has 2 amide bonds. The van der Waals surface area contributed by atoms with Crippen molar-refractivity contribution in [2.75, 3.05) is 5.32 Å². The van der Waals surface area contributed by atoms with E-state index in [1.807, 2.05) is 39.8 Å². The number of aryl methyl sites for hydroxylation is 2. The van der Waals surface area contributed by atoms with Crippen LogP contribution in [0, 0.1) is 25.7 Å². The second kappa shape index (κ2) is 10.0. The Morgan fingerprint density at radius 2 is 1.89 bits per heavy atom. The van der Waals surface area contributed by atoms with Gasteiger partial charge in [-0.05, 0) is 70.6 Å². The number of pyridine rings is 1. The fraction of sp³-hybridized carbons (Fsp3) is 0.500. The zero-order valence-electron chi connectivity index (χ0n) is 21.0. The lowest BCUT2D eigenvalue weighted by Crippen LogP contribution is -2.30. The number of nitrogens with two attached hydrogens (primary N) is 1. The Kier molecular flexibility index (Phi) is 7.05. The predicted octanol–water partition coefficient (Wildman–Crippen LogP) is 4.78. The summed E-state index contributed by atoms with van der Waals surface area (Å²) < 4.78 is 6.86. The molecule has 3 aromatic heterocycles. The third-order valence-corrected chi connectivity index (χ3v) is 6.95. The van der Waals surface area contributed by atoms with Crippen molar-refractivity contribution in [3.8, 4) is 11.3 Å². The fourth-order valence-corrected chi connectivity index (χ4v) is 5.04. The van der Waals surface area contributed by atoms with Crippen LogP contribution in [0.1, 0.15) is 86.1 Å². The molecular weight excluding hydrogens is 444 g/mol. The molecule has 186 valence electrons. The lowest BCUT2D eigenvalue weighted by Gasteiger charge is -2.31. The number of hydrogen-bond donors (Lipinski definition) is 2. The van der Waals surface area contributed by atoms with Gasteiger partial charge in [0.25, 0.3) is 5.91 Å². The summed E-state index contributed by atoms with van der Waals surface area (Å²) in [6.45, 7) is 9.84. The first-order valence-corrected chi connectivity index (χ1v) is 12.2. The van der Waals surface area contributed by atoms with E-state index in [0.29, 0.717) is 28.8 Å². The molecule has 0 spiro atoms. The van der Waals surface area contributed by atoms with Gasteiger partial charge in [-0.25, -0.2) is 0 Å². The van der Waals surface area contributed by atoms with Gasteiger partial charge in [0.2, 0.25) is 5.91 Å². The predicted molar refractivity (Wildman–Crippen MR) is 133 cm³/mol. The number of rotatable bonds is 7. The maximum Gasteiger partial charge on any atom is 0.266 e. The Labute approximate surface area is 205 Å². The molecular formula is C26H34N6O3. The smallest absolute Gasteiger partial charge is 0.266 e. The highest BCUT2D eigenvalue weighted by Crippen LogP contribution is 2.39. The first kappa shape index (κ1) is 24.6. The van der Waals surface area contributed by atoms with Crippen molar-refractivity contribution in [2.45, 2.75) is 72.3 Å². The van der Waals surface area contributed by atoms with E-state index in [1.165, 1.54) is 0 Å². The van der Waals surface area contributed by atoms with Gasteiger partial charge < -0.3 is 15.6 Å². The van der Waals surface area contributed by atoms with Crippen molar-refractivity contribution in [3.63, 3.8) is 0 Å². The van der Waals surface area contributed by atoms with Gasteiger partial charge in [-0.3, -0.25) is 19.3 Å². The molecule has 1 aliphatic carbocycles. The van der Waals surface area contributed by atoms with Gasteiger partial charge in [-0.2, -0.15) is 5.10 Å². The highest BCUT2D eigenvalue weighted by atomic mass is 16.5. The van der Waals surface area contributed by atoms with Crippen LogP contribution in [0.25, 0.3) is 11.3 Å². The zero-order chi connectivity index (χ0) is 25.3. The fourth-order valence-electron chi connectivity index (χ4n) is 5.04. The zero-order valence-corrected chi connectivity index (χ0v) is 21.0. The number of nitrogens with zero attached hydrogens (tertiary/aromatic N) is 4. The number of amides is 2. The minimum atomic E-state index is -0.548. The third-order valence-electron chi connectivity index (χ3n) is 6.95. The van der Waals surface area contributed by atoms with Crippen molar-refractivity contribution in [3.05, 3.63) is 47.2 Å². The molecule has 1 aliphatic rings. The van der Waals surface area contributed by atoms with Crippen molar-refractivity contribution in [2.24, 2.45) is 17.6 Å². The molecule has 9 nitrogen and oxygen atoms in total. The minimum absolute atomic E-state index is 0.0533. The molecule has 4 rings (SSSR count). The number of carbonyl (C=O) groups excluding carboxylic acids is 2. The molecule has 0 aliphatic heterocycles. The molecule has 0 radical (unpaired) electrons. The van der Waals surface area contributed by atoms with Crippen molar-refractivity contribution in [1.29, 1.82) is 0 Å². The van der Waals surface area contributed by atoms with Crippen LogP contribution in [0.3, 0.4) is 0 Å². The van der Waals surface area contributed by atoms with E-state index in [9.17, 15) is 9.59 Å². The van der Waals surface area contributed by atoms with E-state index in [0.717, 1.165) is 42.6 Å². The third kappa shape index (κ3) is 5.13. The van der Waals surface area contributed by atoms with E-state index >= 15 is 0 Å². The molecule has 0 bridgehead atoms. The van der Waals surface area contributed by atoms with Gasteiger partial charge >= 0.3 is 0 Å². The summed E-state index contributed by atoms with van der Waals surface area (Å²) in [6.07, 6.45) is 5.64. The molecule has 0 saturated heterocycles. The molecule has 9 heteroatoms. The molecule has 35 heavy (non-hydrogen) atoms. The monoisotopic (exact) mass is 478 g/mol. The average Bonchev–Trinajstić information content (AvgIpc) is 3.40. The van der Waals surface area contributed by atoms with Crippen LogP contribution in [-0.4, -0.2) is 31.7 Å². The number of carbonyl (C=O) groups is 2. The summed E-state index contributed by atoms with van der Waals surface area (Å²) in [4.78, 5) is 30.2. The molecule has 3 aromatic rings. The maximum absolute atomic E-state index is 13.6. The number of anilines is 1. The first-order chi connectivity index (χ1) is 16.7. The van der Waals surface area contributed by atoms with Gasteiger partial charge in [0.15, 0.2) is 0 Å². The summed E-state index contributed by atoms with van der Waals surface area (Å²) in [5.41, 5.74) is 9.48. The quantitative estimate of drug-likeness (QED) is 0.503. The molecule has 0 unspecified atom stereocenters. The lowest BCUT2D eigenvalue weighted by molar-refractivity contribution is -0.119. The second-order valence-corrected chi connectivity index (χ2v) is 9.98. The van der Waals surface area contributed by atoms with E-state index in [4.69, 9.17) is 10.3 Å². The van der Waals surface area contributed by atoms with Crippen molar-refractivity contribution in [1.82, 2.24) is 19.9 Å². The van der Waals surface area contributed by atoms with Gasteiger partial charge in [-0.15, -0.1) is 0 Å². The minimum Gasteiger partial charge on any atom is -0.364 e. The van der Waals surface area contributed by atoms with E-state index < -0.39 is 11.8 Å². The second-order valence-electron chi connectivity index (χ2n) is 9.98. The summed E-state index contributed by atoms with van der Waals surface area (Å²) in [7, 11) is 0. The highest BCUT2D eigenvalue weighted by Gasteiger charge is 2.35. The van der Waals surface area contributed by atoms with Crippen LogP contribution < -0.4 is 11.1 Å². The van der Waals surface area contributed by atoms with Crippen LogP contribution in [0.2, 0.25) is 0 Å². The average molecular weight is 479 g/mol. The molecule has 0 aromatic carbocycles. The standard InChI is InChI=1S/C26H34N6O3/c1-14(2)32-22(25(27)33)12-21(30-32)24(18-8-6-15(3)7-9-18)26(34)29-19-10-11-20(28-13-19)23-16(4)31-35-17(23)5/h10-15,18,24H,6-9H2,1-5H3,(H2,27,33)(H,29,34)/t15?,18?,24-/m0/s1. The van der Waals surface area contributed by atoms with Crippen molar-refractivity contribution < 1.29 is 14.1 Å². The molecule has 3 heterocycles. The van der Waals surface area contributed by atoms with Crippen LogP contribution in [0.15, 0.2) is 28.9 Å². The number of hydrogen-bond acceptors (Lipinski definition) is 6. The highest BCUT2D eigenvalue weighted by molar-refractivity contribution is 5.97. The van der Waals surface area contributed by atoms with E-state index in [2.05, 4.69) is 27.5 Å². The molecule has 3 N–H and O–H groups in total. The van der Waals surface area contributed by atoms with Crippen molar-refractivity contribution >= 4 is 17.5 Å². The molecule has 1 fully saturated rings. The topological polar surface area (TPSA) is 129 Å². The largest absolute Gasteiger partial charge is 0.364 e. The number of aromatic nitrogens is 4. The summed E-state index contributed by atoms with van der Waals surface area (Å²) >= 11 is 0. The van der Waals surface area contributed by atoms with Gasteiger partial charge in [0.1, 0.15) is 11.5 Å². The Balaban J connectivity index is 1.62. The number of primary amides is 1. The Morgan fingerprint density at radius 1 is 1.17 bits per heavy atom. The first-order valence-electron chi connectivity index (χ1n) is 12.2. The Morgan fingerprint density at radius 3 is 2.40 bits per heavy atom. The lowest BCUT2D eigenvalue weighted by atomic mass is 9.75. The SMILES string of the molecule is Cc1noc(C)c1-c1ccc(NC(=O)[C@H](c2cc(C(N)=O)n(C(C)C)n2)C2CCC(C)CC2)cn1. The van der Waals surface area contributed by atoms with Crippen LogP contribution >= 0.6 is 0 Å². The molecule has 1 atom stereocenters. The van der Waals surface area contributed by atoms with Gasteiger partial charge in [0.05, 0.1) is 40.4 Å². The van der Waals surface area contributed by atoms with E-state index in [-0.39, 0.29) is 17.9 Å². The van der Waals surface area contributed by atoms with Gasteiger partial charge in [-0.1, -0.05) is 24.9 Å². The van der Waals surface area contributed by atoms with E-state index in [1.54, 1.807) is 16.9 Å². The van der Waals surface area contributed by atoms with Crippen LogP contribution in [0.5, 0.6) is 0 Å². The Hall–Kier alpha value is -3.49. The maximum atomic E-state index is 13.6. The Bertz CT molecular complexity index is 1180. The van der Waals surface area contributed by atoms with Gasteiger partial charge in [0, 0.05) is 6.04 Å².